The smallest absolute Gasteiger partial charge is 0.0995 e. The second-order valence-corrected chi connectivity index (χ2v) is 4.29. The SMILES string of the molecule is CC1CNCCN1Cc1ccccc1C#N.Cl. The van der Waals surface area contributed by atoms with E-state index in [1.165, 1.54) is 0 Å². The van der Waals surface area contributed by atoms with Crippen LogP contribution in [0.1, 0.15) is 18.1 Å². The lowest BCUT2D eigenvalue weighted by atomic mass is 10.1. The molecule has 1 N–H and O–H groups in total. The monoisotopic (exact) mass is 251 g/mol. The molecule has 1 aromatic rings. The van der Waals surface area contributed by atoms with E-state index in [2.05, 4.69) is 23.2 Å². The maximum absolute atomic E-state index is 9.03. The molecule has 3 nitrogen and oxygen atoms in total. The molecule has 1 fully saturated rings. The van der Waals surface area contributed by atoms with Gasteiger partial charge < -0.3 is 5.32 Å². The summed E-state index contributed by atoms with van der Waals surface area (Å²) in [5.41, 5.74) is 1.94. The number of hydrogen-bond acceptors (Lipinski definition) is 3. The van der Waals surface area contributed by atoms with Crippen molar-refractivity contribution in [3.05, 3.63) is 35.4 Å². The Morgan fingerprint density at radius 2 is 2.24 bits per heavy atom. The van der Waals surface area contributed by atoms with Crippen molar-refractivity contribution < 1.29 is 0 Å². The molecule has 0 radical (unpaired) electrons. The van der Waals surface area contributed by atoms with Crippen molar-refractivity contribution in [1.82, 2.24) is 10.2 Å². The first-order valence-electron chi connectivity index (χ1n) is 5.74. The van der Waals surface area contributed by atoms with Crippen LogP contribution >= 0.6 is 12.4 Å². The van der Waals surface area contributed by atoms with Gasteiger partial charge in [-0.3, -0.25) is 4.90 Å². The van der Waals surface area contributed by atoms with E-state index in [4.69, 9.17) is 5.26 Å². The Kier molecular flexibility index (Phi) is 5.43. The molecule has 17 heavy (non-hydrogen) atoms. The van der Waals surface area contributed by atoms with E-state index >= 15 is 0 Å². The molecule has 0 amide bonds. The van der Waals surface area contributed by atoms with E-state index in [0.29, 0.717) is 6.04 Å². The molecule has 1 atom stereocenters. The van der Waals surface area contributed by atoms with Crippen LogP contribution in [0.3, 0.4) is 0 Å². The number of nitrogens with one attached hydrogen (secondary N) is 1. The van der Waals surface area contributed by atoms with Gasteiger partial charge in [0.15, 0.2) is 0 Å². The van der Waals surface area contributed by atoms with E-state index in [9.17, 15) is 0 Å². The van der Waals surface area contributed by atoms with Crippen molar-refractivity contribution in [2.45, 2.75) is 19.5 Å². The van der Waals surface area contributed by atoms with E-state index < -0.39 is 0 Å². The highest BCUT2D eigenvalue weighted by molar-refractivity contribution is 5.85. The average Bonchev–Trinajstić information content (AvgIpc) is 2.33. The normalized spacial score (nSPS) is 20.4. The van der Waals surface area contributed by atoms with Crippen molar-refractivity contribution in [2.75, 3.05) is 19.6 Å². The molecular weight excluding hydrogens is 234 g/mol. The van der Waals surface area contributed by atoms with Gasteiger partial charge in [-0.2, -0.15) is 5.26 Å². The first-order chi connectivity index (χ1) is 7.81. The molecule has 1 aliphatic heterocycles. The Labute approximate surface area is 109 Å². The number of nitriles is 1. The number of halogens is 1. The fourth-order valence-corrected chi connectivity index (χ4v) is 2.10. The average molecular weight is 252 g/mol. The lowest BCUT2D eigenvalue weighted by Gasteiger charge is -2.34. The minimum Gasteiger partial charge on any atom is -0.314 e. The van der Waals surface area contributed by atoms with Gasteiger partial charge in [-0.15, -0.1) is 12.4 Å². The molecule has 0 bridgehead atoms. The zero-order valence-electron chi connectivity index (χ0n) is 10.0. The van der Waals surface area contributed by atoms with Gasteiger partial charge in [-0.25, -0.2) is 0 Å². The summed E-state index contributed by atoms with van der Waals surface area (Å²) in [6.45, 7) is 6.24. The van der Waals surface area contributed by atoms with Gasteiger partial charge >= 0.3 is 0 Å². The fourth-order valence-electron chi connectivity index (χ4n) is 2.10. The summed E-state index contributed by atoms with van der Waals surface area (Å²) in [6.07, 6.45) is 0. The van der Waals surface area contributed by atoms with Crippen molar-refractivity contribution in [3.63, 3.8) is 0 Å². The molecule has 92 valence electrons. The van der Waals surface area contributed by atoms with Crippen LogP contribution in [0.5, 0.6) is 0 Å². The van der Waals surface area contributed by atoms with Crippen LogP contribution in [-0.2, 0) is 6.54 Å². The molecule has 0 spiro atoms. The molecule has 2 rings (SSSR count). The summed E-state index contributed by atoms with van der Waals surface area (Å²) in [5.74, 6) is 0. The molecular formula is C13H18ClN3. The van der Waals surface area contributed by atoms with Crippen LogP contribution in [0.4, 0.5) is 0 Å². The molecule has 0 aromatic heterocycles. The van der Waals surface area contributed by atoms with Crippen molar-refractivity contribution >= 4 is 12.4 Å². The first kappa shape index (κ1) is 14.0. The molecule has 1 aliphatic rings. The van der Waals surface area contributed by atoms with Gasteiger partial charge in [0.05, 0.1) is 11.6 Å². The number of hydrogen-bond donors (Lipinski definition) is 1. The molecule has 1 unspecified atom stereocenters. The molecule has 1 saturated heterocycles. The summed E-state index contributed by atoms with van der Waals surface area (Å²) in [5, 5.41) is 12.4. The van der Waals surface area contributed by atoms with Gasteiger partial charge in [-0.1, -0.05) is 18.2 Å². The molecule has 0 aliphatic carbocycles. The van der Waals surface area contributed by atoms with Crippen molar-refractivity contribution in [3.8, 4) is 6.07 Å². The number of benzene rings is 1. The summed E-state index contributed by atoms with van der Waals surface area (Å²) < 4.78 is 0. The summed E-state index contributed by atoms with van der Waals surface area (Å²) in [7, 11) is 0. The molecule has 0 saturated carbocycles. The second-order valence-electron chi connectivity index (χ2n) is 4.29. The molecule has 1 aromatic carbocycles. The first-order valence-corrected chi connectivity index (χ1v) is 5.74. The lowest BCUT2D eigenvalue weighted by Crippen LogP contribution is -2.49. The Hall–Kier alpha value is -1.08. The minimum atomic E-state index is 0. The third-order valence-corrected chi connectivity index (χ3v) is 3.15. The van der Waals surface area contributed by atoms with E-state index in [0.717, 1.165) is 37.3 Å². The highest BCUT2D eigenvalue weighted by Gasteiger charge is 2.18. The van der Waals surface area contributed by atoms with E-state index in [-0.39, 0.29) is 12.4 Å². The Balaban J connectivity index is 0.00000144. The zero-order valence-corrected chi connectivity index (χ0v) is 10.8. The van der Waals surface area contributed by atoms with Gasteiger partial charge in [-0.05, 0) is 18.6 Å². The predicted molar refractivity (Wildman–Crippen MR) is 71.1 cm³/mol. The zero-order chi connectivity index (χ0) is 11.4. The number of nitrogens with zero attached hydrogens (tertiary/aromatic N) is 2. The minimum absolute atomic E-state index is 0. The van der Waals surface area contributed by atoms with Crippen LogP contribution in [0, 0.1) is 11.3 Å². The standard InChI is InChI=1S/C13H17N3.ClH/c1-11-9-15-6-7-16(11)10-13-5-3-2-4-12(13)8-14;/h2-5,11,15H,6-7,9-10H2,1H3;1H. The van der Waals surface area contributed by atoms with Crippen LogP contribution in [0.2, 0.25) is 0 Å². The maximum atomic E-state index is 9.03. The van der Waals surface area contributed by atoms with Gasteiger partial charge in [0.1, 0.15) is 0 Å². The van der Waals surface area contributed by atoms with Gasteiger partial charge in [0.2, 0.25) is 0 Å². The maximum Gasteiger partial charge on any atom is 0.0995 e. The van der Waals surface area contributed by atoms with Gasteiger partial charge in [0.25, 0.3) is 0 Å². The van der Waals surface area contributed by atoms with Crippen LogP contribution in [-0.4, -0.2) is 30.6 Å². The Morgan fingerprint density at radius 1 is 1.47 bits per heavy atom. The number of piperazine rings is 1. The Bertz CT molecular complexity index is 400. The van der Waals surface area contributed by atoms with E-state index in [1.807, 2.05) is 24.3 Å². The van der Waals surface area contributed by atoms with Crippen LogP contribution in [0.25, 0.3) is 0 Å². The van der Waals surface area contributed by atoms with Crippen molar-refractivity contribution in [1.29, 1.82) is 5.26 Å². The van der Waals surface area contributed by atoms with E-state index in [1.54, 1.807) is 0 Å². The summed E-state index contributed by atoms with van der Waals surface area (Å²) in [4.78, 5) is 2.42. The third kappa shape index (κ3) is 3.44. The highest BCUT2D eigenvalue weighted by Crippen LogP contribution is 2.13. The van der Waals surface area contributed by atoms with Gasteiger partial charge in [0, 0.05) is 32.2 Å². The quantitative estimate of drug-likeness (QED) is 0.871. The highest BCUT2D eigenvalue weighted by atomic mass is 35.5. The van der Waals surface area contributed by atoms with Crippen LogP contribution < -0.4 is 5.32 Å². The predicted octanol–water partition coefficient (Wildman–Crippen LogP) is 1.77. The molecule has 4 heteroatoms. The largest absolute Gasteiger partial charge is 0.314 e. The topological polar surface area (TPSA) is 39.1 Å². The lowest BCUT2D eigenvalue weighted by molar-refractivity contribution is 0.165. The number of rotatable bonds is 2. The fraction of sp³-hybridized carbons (Fsp3) is 0.462. The third-order valence-electron chi connectivity index (χ3n) is 3.15. The second kappa shape index (κ2) is 6.61. The van der Waals surface area contributed by atoms with Crippen LogP contribution in [0.15, 0.2) is 24.3 Å². The molecule has 1 heterocycles. The summed E-state index contributed by atoms with van der Waals surface area (Å²) >= 11 is 0. The summed E-state index contributed by atoms with van der Waals surface area (Å²) in [6, 6.07) is 10.7. The Morgan fingerprint density at radius 3 is 2.94 bits per heavy atom. The van der Waals surface area contributed by atoms with Crippen molar-refractivity contribution in [2.24, 2.45) is 0 Å².